The molecule has 17 heavy (non-hydrogen) atoms. The summed E-state index contributed by atoms with van der Waals surface area (Å²) in [7, 11) is 0. The zero-order valence-electron chi connectivity index (χ0n) is 9.14. The zero-order chi connectivity index (χ0) is 11.9. The fraction of sp³-hybridized carbons (Fsp3) is 0.167. The number of anilines is 1. The van der Waals surface area contributed by atoms with Gasteiger partial charge in [-0.3, -0.25) is 0 Å². The Bertz CT molecular complexity index is 464. The molecule has 0 saturated carbocycles. The van der Waals surface area contributed by atoms with Crippen LogP contribution in [0, 0.1) is 5.82 Å². The van der Waals surface area contributed by atoms with Crippen LogP contribution in [0.3, 0.4) is 0 Å². The van der Waals surface area contributed by atoms with Crippen LogP contribution in [0.15, 0.2) is 42.9 Å². The number of nitrogens with zero attached hydrogens (tertiary/aromatic N) is 2. The number of halogens is 1. The topological polar surface area (TPSA) is 47.0 Å². The first-order chi connectivity index (χ1) is 8.36. The molecule has 0 aliphatic rings. The number of hydrogen-bond acceptors (Lipinski definition) is 4. The molecule has 0 radical (unpaired) electrons. The number of ether oxygens (including phenoxy) is 1. The molecule has 0 amide bonds. The van der Waals surface area contributed by atoms with Crippen LogP contribution in [0.2, 0.25) is 0 Å². The standard InChI is InChI=1S/C12H12FN3O/c13-10-3-1-2-4-11(10)17-8-7-15-12-5-6-14-9-16-12/h1-6,9H,7-8H2,(H,14,15,16). The molecule has 2 aromatic rings. The summed E-state index contributed by atoms with van der Waals surface area (Å²) in [6, 6.07) is 8.08. The van der Waals surface area contributed by atoms with Gasteiger partial charge in [-0.15, -0.1) is 0 Å². The molecule has 1 aromatic carbocycles. The van der Waals surface area contributed by atoms with Crippen LogP contribution in [0.4, 0.5) is 10.2 Å². The van der Waals surface area contributed by atoms with E-state index in [1.165, 1.54) is 12.4 Å². The van der Waals surface area contributed by atoms with Crippen LogP contribution in [0.5, 0.6) is 5.75 Å². The van der Waals surface area contributed by atoms with E-state index in [2.05, 4.69) is 15.3 Å². The third-order valence-corrected chi connectivity index (χ3v) is 2.08. The van der Waals surface area contributed by atoms with Gasteiger partial charge in [-0.1, -0.05) is 12.1 Å². The SMILES string of the molecule is Fc1ccccc1OCCNc1ccncn1. The number of para-hydroxylation sites is 1. The molecule has 0 spiro atoms. The molecular formula is C12H12FN3O. The normalized spacial score (nSPS) is 9.94. The van der Waals surface area contributed by atoms with Crippen LogP contribution in [-0.2, 0) is 0 Å². The minimum absolute atomic E-state index is 0.261. The Morgan fingerprint density at radius 1 is 1.24 bits per heavy atom. The average molecular weight is 233 g/mol. The first-order valence-electron chi connectivity index (χ1n) is 5.23. The van der Waals surface area contributed by atoms with Crippen LogP contribution in [-0.4, -0.2) is 23.1 Å². The largest absolute Gasteiger partial charge is 0.489 e. The van der Waals surface area contributed by atoms with Gasteiger partial charge in [0.05, 0.1) is 6.54 Å². The van der Waals surface area contributed by atoms with Crippen LogP contribution < -0.4 is 10.1 Å². The Morgan fingerprint density at radius 2 is 2.12 bits per heavy atom. The molecule has 2 rings (SSSR count). The monoisotopic (exact) mass is 233 g/mol. The Kier molecular flexibility index (Phi) is 3.85. The van der Waals surface area contributed by atoms with Crippen molar-refractivity contribution >= 4 is 5.82 Å². The van der Waals surface area contributed by atoms with Crippen molar-refractivity contribution in [2.75, 3.05) is 18.5 Å². The first kappa shape index (κ1) is 11.3. The summed E-state index contributed by atoms with van der Waals surface area (Å²) in [5.74, 6) is 0.628. The van der Waals surface area contributed by atoms with E-state index >= 15 is 0 Å². The lowest BCUT2D eigenvalue weighted by Crippen LogP contribution is -2.12. The lowest BCUT2D eigenvalue weighted by molar-refractivity contribution is 0.315. The van der Waals surface area contributed by atoms with Crippen molar-refractivity contribution in [2.24, 2.45) is 0 Å². The van der Waals surface area contributed by atoms with Gasteiger partial charge < -0.3 is 10.1 Å². The molecule has 5 heteroatoms. The molecule has 1 aromatic heterocycles. The Morgan fingerprint density at radius 3 is 2.88 bits per heavy atom. The second-order valence-corrected chi connectivity index (χ2v) is 3.30. The highest BCUT2D eigenvalue weighted by Gasteiger charge is 2.00. The highest BCUT2D eigenvalue weighted by Crippen LogP contribution is 2.14. The maximum absolute atomic E-state index is 13.2. The Labute approximate surface area is 98.5 Å². The minimum Gasteiger partial charge on any atom is -0.489 e. The van der Waals surface area contributed by atoms with Gasteiger partial charge in [0, 0.05) is 6.20 Å². The molecule has 4 nitrogen and oxygen atoms in total. The lowest BCUT2D eigenvalue weighted by atomic mass is 10.3. The maximum Gasteiger partial charge on any atom is 0.165 e. The van der Waals surface area contributed by atoms with E-state index in [-0.39, 0.29) is 11.6 Å². The zero-order valence-corrected chi connectivity index (χ0v) is 9.14. The van der Waals surface area contributed by atoms with Gasteiger partial charge in [0.2, 0.25) is 0 Å². The molecule has 0 fully saturated rings. The van der Waals surface area contributed by atoms with Crippen LogP contribution in [0.1, 0.15) is 0 Å². The van der Waals surface area contributed by atoms with Crippen molar-refractivity contribution in [3.05, 3.63) is 48.7 Å². The van der Waals surface area contributed by atoms with Crippen molar-refractivity contribution in [3.8, 4) is 5.75 Å². The molecule has 0 aliphatic heterocycles. The minimum atomic E-state index is -0.352. The third-order valence-electron chi connectivity index (χ3n) is 2.08. The van der Waals surface area contributed by atoms with Gasteiger partial charge >= 0.3 is 0 Å². The fourth-order valence-corrected chi connectivity index (χ4v) is 1.30. The summed E-state index contributed by atoms with van der Waals surface area (Å²) >= 11 is 0. The molecule has 0 unspecified atom stereocenters. The van der Waals surface area contributed by atoms with Crippen LogP contribution >= 0.6 is 0 Å². The Balaban J connectivity index is 1.76. The van der Waals surface area contributed by atoms with E-state index in [9.17, 15) is 4.39 Å². The molecule has 0 atom stereocenters. The van der Waals surface area contributed by atoms with Gasteiger partial charge in [-0.05, 0) is 18.2 Å². The quantitative estimate of drug-likeness (QED) is 0.803. The molecule has 88 valence electrons. The van der Waals surface area contributed by atoms with E-state index in [1.807, 2.05) is 0 Å². The highest BCUT2D eigenvalue weighted by molar-refractivity contribution is 5.31. The number of benzene rings is 1. The van der Waals surface area contributed by atoms with E-state index in [1.54, 1.807) is 30.5 Å². The van der Waals surface area contributed by atoms with E-state index in [0.717, 1.165) is 5.82 Å². The molecule has 0 aliphatic carbocycles. The summed E-state index contributed by atoms with van der Waals surface area (Å²) in [5, 5.41) is 3.04. The number of hydrogen-bond donors (Lipinski definition) is 1. The van der Waals surface area contributed by atoms with E-state index in [0.29, 0.717) is 13.2 Å². The summed E-state index contributed by atoms with van der Waals surface area (Å²) in [6.45, 7) is 0.913. The van der Waals surface area contributed by atoms with Crippen molar-refractivity contribution < 1.29 is 9.13 Å². The number of rotatable bonds is 5. The van der Waals surface area contributed by atoms with E-state index < -0.39 is 0 Å². The molecule has 0 saturated heterocycles. The summed E-state index contributed by atoms with van der Waals surface area (Å²) in [5.41, 5.74) is 0. The average Bonchev–Trinajstić information content (AvgIpc) is 2.38. The van der Waals surface area contributed by atoms with Gasteiger partial charge in [-0.2, -0.15) is 0 Å². The molecule has 0 bridgehead atoms. The van der Waals surface area contributed by atoms with Gasteiger partial charge in [0.1, 0.15) is 18.8 Å². The molecule has 1 N–H and O–H groups in total. The predicted octanol–water partition coefficient (Wildman–Crippen LogP) is 2.11. The number of nitrogens with one attached hydrogen (secondary N) is 1. The van der Waals surface area contributed by atoms with Crippen molar-refractivity contribution in [1.82, 2.24) is 9.97 Å². The van der Waals surface area contributed by atoms with Crippen molar-refractivity contribution in [3.63, 3.8) is 0 Å². The third kappa shape index (κ3) is 3.41. The Hall–Kier alpha value is -2.17. The second-order valence-electron chi connectivity index (χ2n) is 3.30. The van der Waals surface area contributed by atoms with Crippen molar-refractivity contribution in [2.45, 2.75) is 0 Å². The molecule has 1 heterocycles. The maximum atomic E-state index is 13.2. The lowest BCUT2D eigenvalue weighted by Gasteiger charge is -2.08. The van der Waals surface area contributed by atoms with Gasteiger partial charge in [0.25, 0.3) is 0 Å². The van der Waals surface area contributed by atoms with Gasteiger partial charge in [0.15, 0.2) is 11.6 Å². The summed E-state index contributed by atoms with van der Waals surface area (Å²) in [6.07, 6.45) is 3.10. The predicted molar refractivity (Wildman–Crippen MR) is 62.4 cm³/mol. The smallest absolute Gasteiger partial charge is 0.165 e. The van der Waals surface area contributed by atoms with Crippen molar-refractivity contribution in [1.29, 1.82) is 0 Å². The molecular weight excluding hydrogens is 221 g/mol. The fourth-order valence-electron chi connectivity index (χ4n) is 1.30. The summed E-state index contributed by atoms with van der Waals surface area (Å²) < 4.78 is 18.5. The number of aromatic nitrogens is 2. The van der Waals surface area contributed by atoms with Gasteiger partial charge in [-0.25, -0.2) is 14.4 Å². The second kappa shape index (κ2) is 5.79. The van der Waals surface area contributed by atoms with E-state index in [4.69, 9.17) is 4.74 Å². The first-order valence-corrected chi connectivity index (χ1v) is 5.23. The highest BCUT2D eigenvalue weighted by atomic mass is 19.1. The summed E-state index contributed by atoms with van der Waals surface area (Å²) in [4.78, 5) is 7.79. The van der Waals surface area contributed by atoms with Crippen LogP contribution in [0.25, 0.3) is 0 Å².